The van der Waals surface area contributed by atoms with Gasteiger partial charge in [-0.15, -0.1) is 0 Å². The minimum Gasteiger partial charge on any atom is -0.497 e. The van der Waals surface area contributed by atoms with Gasteiger partial charge in [0.25, 0.3) is 0 Å². The second kappa shape index (κ2) is 11.1. The topological polar surface area (TPSA) is 88.2 Å². The maximum absolute atomic E-state index is 13.0. The van der Waals surface area contributed by atoms with Gasteiger partial charge in [0.1, 0.15) is 12.4 Å². The summed E-state index contributed by atoms with van der Waals surface area (Å²) in [6.45, 7) is 1.64. The van der Waals surface area contributed by atoms with Crippen LogP contribution in [0, 0.1) is 5.92 Å². The molecule has 0 bridgehead atoms. The lowest BCUT2D eigenvalue weighted by Crippen LogP contribution is -2.56. The van der Waals surface area contributed by atoms with Crippen LogP contribution < -0.4 is 10.1 Å². The SMILES string of the molecule is COCC(=O)N1CCN(C(=O)Cc2cccc(OC)c2)CCNC(=O)C2CCCCC21. The van der Waals surface area contributed by atoms with Gasteiger partial charge in [0, 0.05) is 39.3 Å². The van der Waals surface area contributed by atoms with Gasteiger partial charge in [0.05, 0.1) is 19.4 Å². The summed E-state index contributed by atoms with van der Waals surface area (Å²) in [6, 6.07) is 7.29. The largest absolute Gasteiger partial charge is 0.497 e. The van der Waals surface area contributed by atoms with E-state index in [2.05, 4.69) is 5.32 Å². The predicted molar refractivity (Wildman–Crippen MR) is 116 cm³/mol. The summed E-state index contributed by atoms with van der Waals surface area (Å²) in [5.74, 6) is 0.309. The molecule has 2 aliphatic rings. The molecule has 1 N–H and O–H groups in total. The number of nitrogens with zero attached hydrogens (tertiary/aromatic N) is 2. The Kier molecular flexibility index (Phi) is 8.28. The van der Waals surface area contributed by atoms with Crippen molar-refractivity contribution in [2.24, 2.45) is 5.92 Å². The fourth-order valence-corrected chi connectivity index (χ4v) is 4.58. The van der Waals surface area contributed by atoms with Crippen molar-refractivity contribution in [3.05, 3.63) is 29.8 Å². The molecule has 170 valence electrons. The zero-order chi connectivity index (χ0) is 22.2. The van der Waals surface area contributed by atoms with Crippen molar-refractivity contribution >= 4 is 17.7 Å². The number of nitrogens with one attached hydrogen (secondary N) is 1. The average molecular weight is 432 g/mol. The summed E-state index contributed by atoms with van der Waals surface area (Å²) in [4.78, 5) is 42.2. The van der Waals surface area contributed by atoms with Gasteiger partial charge >= 0.3 is 0 Å². The molecule has 0 spiro atoms. The van der Waals surface area contributed by atoms with Gasteiger partial charge in [-0.05, 0) is 30.5 Å². The maximum atomic E-state index is 13.0. The lowest BCUT2D eigenvalue weighted by Gasteiger charge is -2.41. The van der Waals surface area contributed by atoms with E-state index in [0.29, 0.717) is 31.9 Å². The molecule has 1 aliphatic carbocycles. The zero-order valence-corrected chi connectivity index (χ0v) is 18.5. The van der Waals surface area contributed by atoms with Crippen LogP contribution in [0.2, 0.25) is 0 Å². The smallest absolute Gasteiger partial charge is 0.248 e. The summed E-state index contributed by atoms with van der Waals surface area (Å²) in [5.41, 5.74) is 0.866. The minimum absolute atomic E-state index is 0.0252. The molecule has 2 unspecified atom stereocenters. The number of carbonyl (C=O) groups excluding carboxylic acids is 3. The van der Waals surface area contributed by atoms with Gasteiger partial charge in [-0.1, -0.05) is 25.0 Å². The van der Waals surface area contributed by atoms with Crippen LogP contribution in [0.25, 0.3) is 0 Å². The highest BCUT2D eigenvalue weighted by molar-refractivity contribution is 5.83. The number of hydrogen-bond donors (Lipinski definition) is 1. The molecule has 1 heterocycles. The summed E-state index contributed by atoms with van der Waals surface area (Å²) >= 11 is 0. The molecule has 1 aliphatic heterocycles. The Labute approximate surface area is 183 Å². The van der Waals surface area contributed by atoms with Crippen LogP contribution in [0.5, 0.6) is 5.75 Å². The van der Waals surface area contributed by atoms with Crippen LogP contribution in [0.4, 0.5) is 0 Å². The predicted octanol–water partition coefficient (Wildman–Crippen LogP) is 1.23. The van der Waals surface area contributed by atoms with E-state index in [4.69, 9.17) is 9.47 Å². The molecule has 1 aromatic rings. The van der Waals surface area contributed by atoms with Crippen LogP contribution in [0.3, 0.4) is 0 Å². The molecule has 1 saturated heterocycles. The Bertz CT molecular complexity index is 784. The molecule has 3 rings (SSSR count). The first kappa shape index (κ1) is 23.1. The molecule has 0 radical (unpaired) electrons. The monoisotopic (exact) mass is 431 g/mol. The van der Waals surface area contributed by atoms with Crippen molar-refractivity contribution < 1.29 is 23.9 Å². The van der Waals surface area contributed by atoms with E-state index < -0.39 is 0 Å². The van der Waals surface area contributed by atoms with Gasteiger partial charge in [-0.25, -0.2) is 0 Å². The first-order valence-electron chi connectivity index (χ1n) is 11.0. The van der Waals surface area contributed by atoms with Crippen molar-refractivity contribution in [1.82, 2.24) is 15.1 Å². The van der Waals surface area contributed by atoms with Crippen LogP contribution in [0.15, 0.2) is 24.3 Å². The van der Waals surface area contributed by atoms with E-state index >= 15 is 0 Å². The molecule has 1 saturated carbocycles. The van der Waals surface area contributed by atoms with Crippen LogP contribution in [-0.2, 0) is 25.5 Å². The summed E-state index contributed by atoms with van der Waals surface area (Å²) in [6.07, 6.45) is 3.80. The third kappa shape index (κ3) is 5.97. The Morgan fingerprint density at radius 1 is 1.10 bits per heavy atom. The van der Waals surface area contributed by atoms with Crippen LogP contribution >= 0.6 is 0 Å². The third-order valence-corrected chi connectivity index (χ3v) is 6.19. The molecular weight excluding hydrogens is 398 g/mol. The number of hydrogen-bond acceptors (Lipinski definition) is 5. The lowest BCUT2D eigenvalue weighted by molar-refractivity contribution is -0.144. The van der Waals surface area contributed by atoms with Gasteiger partial charge < -0.3 is 24.6 Å². The first-order chi connectivity index (χ1) is 15.0. The highest BCUT2D eigenvalue weighted by atomic mass is 16.5. The Morgan fingerprint density at radius 2 is 1.90 bits per heavy atom. The second-order valence-corrected chi connectivity index (χ2v) is 8.18. The molecule has 0 aromatic heterocycles. The average Bonchev–Trinajstić information content (AvgIpc) is 2.78. The molecule has 8 nitrogen and oxygen atoms in total. The van der Waals surface area contributed by atoms with Crippen molar-refractivity contribution in [2.75, 3.05) is 47.0 Å². The van der Waals surface area contributed by atoms with Crippen molar-refractivity contribution in [3.8, 4) is 5.75 Å². The fraction of sp³-hybridized carbons (Fsp3) is 0.609. The summed E-state index contributed by atoms with van der Waals surface area (Å²) in [5, 5.41) is 2.99. The normalized spacial score (nSPS) is 22.3. The van der Waals surface area contributed by atoms with Crippen molar-refractivity contribution in [1.29, 1.82) is 0 Å². The number of methoxy groups -OCH3 is 2. The number of rotatable bonds is 5. The van der Waals surface area contributed by atoms with Gasteiger partial charge in [-0.3, -0.25) is 14.4 Å². The third-order valence-electron chi connectivity index (χ3n) is 6.19. The number of amides is 3. The quantitative estimate of drug-likeness (QED) is 0.758. The molecule has 8 heteroatoms. The highest BCUT2D eigenvalue weighted by Gasteiger charge is 2.37. The molecule has 1 aromatic carbocycles. The van der Waals surface area contributed by atoms with E-state index in [0.717, 1.165) is 31.2 Å². The van der Waals surface area contributed by atoms with E-state index in [1.807, 2.05) is 24.3 Å². The van der Waals surface area contributed by atoms with Crippen molar-refractivity contribution in [2.45, 2.75) is 38.1 Å². The Balaban J connectivity index is 1.75. The molecule has 2 atom stereocenters. The van der Waals surface area contributed by atoms with E-state index in [-0.39, 0.29) is 42.7 Å². The fourth-order valence-electron chi connectivity index (χ4n) is 4.58. The molecule has 31 heavy (non-hydrogen) atoms. The number of benzene rings is 1. The van der Waals surface area contributed by atoms with E-state index in [9.17, 15) is 14.4 Å². The minimum atomic E-state index is -0.200. The van der Waals surface area contributed by atoms with Crippen molar-refractivity contribution in [3.63, 3.8) is 0 Å². The molecule has 3 amide bonds. The van der Waals surface area contributed by atoms with Crippen LogP contribution in [-0.4, -0.2) is 80.6 Å². The highest BCUT2D eigenvalue weighted by Crippen LogP contribution is 2.29. The lowest BCUT2D eigenvalue weighted by atomic mass is 9.82. The maximum Gasteiger partial charge on any atom is 0.248 e. The summed E-state index contributed by atoms with van der Waals surface area (Å²) in [7, 11) is 3.09. The van der Waals surface area contributed by atoms with Crippen LogP contribution in [0.1, 0.15) is 31.2 Å². The second-order valence-electron chi connectivity index (χ2n) is 8.18. The summed E-state index contributed by atoms with van der Waals surface area (Å²) < 4.78 is 10.3. The molecular formula is C23H33N3O5. The standard InChI is InChI=1S/C23H33N3O5/c1-30-16-22(28)26-13-12-25(21(27)15-17-6-5-7-18(14-17)31-2)11-10-24-23(29)19-8-3-4-9-20(19)26/h5-7,14,19-20H,3-4,8-13,15-16H2,1-2H3,(H,24,29). The first-order valence-corrected chi connectivity index (χ1v) is 11.0. The number of fused-ring (bicyclic) bond motifs is 1. The van der Waals surface area contributed by atoms with E-state index in [1.54, 1.807) is 16.9 Å². The Morgan fingerprint density at radius 3 is 2.68 bits per heavy atom. The number of carbonyl (C=O) groups is 3. The van der Waals surface area contributed by atoms with Gasteiger partial charge in [-0.2, -0.15) is 0 Å². The number of ether oxygens (including phenoxy) is 2. The van der Waals surface area contributed by atoms with E-state index in [1.165, 1.54) is 7.11 Å². The zero-order valence-electron chi connectivity index (χ0n) is 18.5. The molecule has 2 fully saturated rings. The van der Waals surface area contributed by atoms with Gasteiger partial charge in [0.2, 0.25) is 17.7 Å². The van der Waals surface area contributed by atoms with Gasteiger partial charge in [0.15, 0.2) is 0 Å². The Hall–Kier alpha value is -2.61.